The van der Waals surface area contributed by atoms with Crippen LogP contribution < -0.4 is 0 Å². The molecule has 1 nitrogen and oxygen atoms in total. The monoisotopic (exact) mass is 460 g/mol. The summed E-state index contributed by atoms with van der Waals surface area (Å²) in [4.78, 5) is 13.5. The van der Waals surface area contributed by atoms with Crippen LogP contribution in [0.4, 0.5) is 4.39 Å². The fraction of sp³-hybridized carbons (Fsp3) is 0.968. The standard InChI is InChI=1S/C31H53FO/c1-3-5-7-8-9-11-24-12-14-26(15-13-24)27-18-22-31(23-19-27)28(32)30(29(31)33)20-16-25(17-21-30)10-6-4-2/h24-28H,3-23H2,1-2H3/t24?,25?,26?,27?,28-,30?,31?/m1/s1. The van der Waals surface area contributed by atoms with E-state index in [2.05, 4.69) is 13.8 Å². The van der Waals surface area contributed by atoms with E-state index in [0.717, 1.165) is 75.0 Å². The van der Waals surface area contributed by atoms with Crippen molar-refractivity contribution in [3.8, 4) is 0 Å². The maximum absolute atomic E-state index is 15.8. The Bertz CT molecular complexity index is 602. The van der Waals surface area contributed by atoms with Crippen LogP contribution in [0.15, 0.2) is 0 Å². The van der Waals surface area contributed by atoms with Gasteiger partial charge in [0.1, 0.15) is 6.17 Å². The van der Waals surface area contributed by atoms with E-state index in [-0.39, 0.29) is 0 Å². The average Bonchev–Trinajstić information content (AvgIpc) is 2.87. The number of rotatable bonds is 10. The molecular formula is C31H53FO. The van der Waals surface area contributed by atoms with Gasteiger partial charge in [0.2, 0.25) is 0 Å². The van der Waals surface area contributed by atoms with Crippen LogP contribution in [0, 0.1) is 34.5 Å². The molecule has 4 aliphatic rings. The average molecular weight is 461 g/mol. The quantitative estimate of drug-likeness (QED) is 0.296. The summed E-state index contributed by atoms with van der Waals surface area (Å²) in [5, 5.41) is 0. The molecular weight excluding hydrogens is 407 g/mol. The Morgan fingerprint density at radius 3 is 1.70 bits per heavy atom. The Morgan fingerprint density at radius 2 is 1.12 bits per heavy atom. The second-order valence-electron chi connectivity index (χ2n) is 12.9. The molecule has 0 aromatic rings. The van der Waals surface area contributed by atoms with Crippen LogP contribution in [0.25, 0.3) is 0 Å². The molecule has 0 aromatic heterocycles. The van der Waals surface area contributed by atoms with Crippen LogP contribution in [-0.2, 0) is 4.79 Å². The summed E-state index contributed by atoms with van der Waals surface area (Å²) < 4.78 is 15.8. The number of halogens is 1. The highest BCUT2D eigenvalue weighted by molar-refractivity contribution is 5.98. The highest BCUT2D eigenvalue weighted by atomic mass is 19.1. The molecule has 0 aromatic carbocycles. The lowest BCUT2D eigenvalue weighted by molar-refractivity contribution is -0.194. The number of carbonyl (C=O) groups is 1. The maximum atomic E-state index is 15.8. The van der Waals surface area contributed by atoms with Crippen LogP contribution in [-0.4, -0.2) is 12.0 Å². The van der Waals surface area contributed by atoms with Crippen molar-refractivity contribution in [3.63, 3.8) is 0 Å². The van der Waals surface area contributed by atoms with E-state index in [1.807, 2.05) is 0 Å². The Morgan fingerprint density at radius 1 is 0.636 bits per heavy atom. The predicted octanol–water partition coefficient (Wildman–Crippen LogP) is 9.62. The molecule has 0 unspecified atom stereocenters. The molecule has 0 bridgehead atoms. The van der Waals surface area contributed by atoms with Gasteiger partial charge in [0.05, 0.1) is 10.8 Å². The number of Topliss-reactive ketones (excluding diaryl/α,β-unsaturated/α-hetero) is 1. The number of carbonyl (C=O) groups excluding carboxylic acids is 1. The van der Waals surface area contributed by atoms with E-state index in [9.17, 15) is 4.79 Å². The van der Waals surface area contributed by atoms with Crippen molar-refractivity contribution in [2.75, 3.05) is 0 Å². The second kappa shape index (κ2) is 11.6. The van der Waals surface area contributed by atoms with Crippen molar-refractivity contribution in [2.24, 2.45) is 34.5 Å². The molecule has 0 aliphatic heterocycles. The number of hydrogen-bond donors (Lipinski definition) is 0. The van der Waals surface area contributed by atoms with Crippen LogP contribution in [0.2, 0.25) is 0 Å². The fourth-order valence-electron chi connectivity index (χ4n) is 8.72. The normalized spacial score (nSPS) is 41.4. The minimum Gasteiger partial charge on any atom is -0.298 e. The Labute approximate surface area is 204 Å². The zero-order valence-electron chi connectivity index (χ0n) is 22.0. The van der Waals surface area contributed by atoms with E-state index < -0.39 is 17.0 Å². The minimum atomic E-state index is -0.839. The molecule has 4 rings (SSSR count). The summed E-state index contributed by atoms with van der Waals surface area (Å²) in [5.74, 6) is 3.70. The molecule has 190 valence electrons. The first kappa shape index (κ1) is 25.7. The lowest BCUT2D eigenvalue weighted by atomic mass is 9.41. The topological polar surface area (TPSA) is 17.1 Å². The Kier molecular flexibility index (Phi) is 9.00. The first-order chi connectivity index (χ1) is 16.1. The predicted molar refractivity (Wildman–Crippen MR) is 137 cm³/mol. The van der Waals surface area contributed by atoms with Gasteiger partial charge in [-0.05, 0) is 87.9 Å². The zero-order chi connectivity index (χ0) is 23.3. The third-order valence-electron chi connectivity index (χ3n) is 11.0. The molecule has 0 saturated heterocycles. The third-order valence-corrected chi connectivity index (χ3v) is 11.0. The summed E-state index contributed by atoms with van der Waals surface area (Å²) in [6.45, 7) is 4.54. The SMILES string of the molecule is CCCCCCCC1CCC(C2CCC3(CC2)C(=O)C2(CCC(CCCC)CC2)[C@H]3F)CC1. The zero-order valence-corrected chi connectivity index (χ0v) is 22.0. The van der Waals surface area contributed by atoms with E-state index >= 15 is 4.39 Å². The van der Waals surface area contributed by atoms with E-state index in [0.29, 0.717) is 5.78 Å². The van der Waals surface area contributed by atoms with Crippen LogP contribution in [0.5, 0.6) is 0 Å². The Balaban J connectivity index is 1.19. The Hall–Kier alpha value is -0.400. The lowest BCUT2D eigenvalue weighted by Gasteiger charge is -2.61. The maximum Gasteiger partial charge on any atom is 0.151 e. The lowest BCUT2D eigenvalue weighted by Crippen LogP contribution is -2.69. The highest BCUT2D eigenvalue weighted by Crippen LogP contribution is 2.66. The van der Waals surface area contributed by atoms with Gasteiger partial charge in [0.25, 0.3) is 0 Å². The van der Waals surface area contributed by atoms with E-state index in [4.69, 9.17) is 0 Å². The molecule has 0 heterocycles. The molecule has 0 N–H and O–H groups in total. The molecule has 4 aliphatic carbocycles. The van der Waals surface area contributed by atoms with Gasteiger partial charge in [-0.3, -0.25) is 4.79 Å². The summed E-state index contributed by atoms with van der Waals surface area (Å²) in [6, 6.07) is 0. The van der Waals surface area contributed by atoms with Gasteiger partial charge in [0.15, 0.2) is 5.78 Å². The molecule has 4 fully saturated rings. The van der Waals surface area contributed by atoms with Gasteiger partial charge in [-0.15, -0.1) is 0 Å². The van der Waals surface area contributed by atoms with Crippen molar-refractivity contribution in [1.29, 1.82) is 0 Å². The minimum absolute atomic E-state index is 0.363. The molecule has 0 amide bonds. The molecule has 0 radical (unpaired) electrons. The summed E-state index contributed by atoms with van der Waals surface area (Å²) in [7, 11) is 0. The highest BCUT2D eigenvalue weighted by Gasteiger charge is 2.71. The van der Waals surface area contributed by atoms with Crippen molar-refractivity contribution in [1.82, 2.24) is 0 Å². The van der Waals surface area contributed by atoms with Gasteiger partial charge in [0, 0.05) is 0 Å². The van der Waals surface area contributed by atoms with Gasteiger partial charge in [-0.25, -0.2) is 4.39 Å². The van der Waals surface area contributed by atoms with Crippen LogP contribution in [0.3, 0.4) is 0 Å². The van der Waals surface area contributed by atoms with E-state index in [1.165, 1.54) is 83.5 Å². The summed E-state index contributed by atoms with van der Waals surface area (Å²) in [5.41, 5.74) is -1.13. The van der Waals surface area contributed by atoms with Crippen molar-refractivity contribution in [2.45, 2.75) is 155 Å². The van der Waals surface area contributed by atoms with Gasteiger partial charge in [-0.2, -0.15) is 0 Å². The van der Waals surface area contributed by atoms with Gasteiger partial charge < -0.3 is 0 Å². The van der Waals surface area contributed by atoms with Gasteiger partial charge >= 0.3 is 0 Å². The second-order valence-corrected chi connectivity index (χ2v) is 12.9. The summed E-state index contributed by atoms with van der Waals surface area (Å²) in [6.07, 6.45) is 24.9. The van der Waals surface area contributed by atoms with E-state index in [1.54, 1.807) is 0 Å². The fourth-order valence-corrected chi connectivity index (χ4v) is 8.72. The number of ketones is 1. The number of unbranched alkanes of at least 4 members (excludes halogenated alkanes) is 5. The van der Waals surface area contributed by atoms with Crippen LogP contribution >= 0.6 is 0 Å². The van der Waals surface area contributed by atoms with Crippen molar-refractivity contribution < 1.29 is 9.18 Å². The molecule has 2 spiro atoms. The first-order valence-corrected chi connectivity index (χ1v) is 15.2. The smallest absolute Gasteiger partial charge is 0.151 e. The molecule has 4 saturated carbocycles. The number of hydrogen-bond acceptors (Lipinski definition) is 1. The first-order valence-electron chi connectivity index (χ1n) is 15.2. The largest absolute Gasteiger partial charge is 0.298 e. The van der Waals surface area contributed by atoms with Crippen molar-refractivity contribution >= 4 is 5.78 Å². The van der Waals surface area contributed by atoms with Crippen molar-refractivity contribution in [3.05, 3.63) is 0 Å². The summed E-state index contributed by atoms with van der Waals surface area (Å²) >= 11 is 0. The number of alkyl halides is 1. The van der Waals surface area contributed by atoms with Gasteiger partial charge in [-0.1, -0.05) is 84.5 Å². The molecule has 33 heavy (non-hydrogen) atoms. The third kappa shape index (κ3) is 5.25. The molecule has 1 atom stereocenters. The van der Waals surface area contributed by atoms with Crippen LogP contribution in [0.1, 0.15) is 149 Å². The molecule has 2 heteroatoms.